The topological polar surface area (TPSA) is 91.4 Å². The molecule has 208 valence electrons. The molecule has 0 aromatic heterocycles. The summed E-state index contributed by atoms with van der Waals surface area (Å²) in [6.07, 6.45) is 0. The van der Waals surface area contributed by atoms with Crippen LogP contribution in [0.25, 0.3) is 0 Å². The second kappa shape index (κ2) is 10.6. The van der Waals surface area contributed by atoms with E-state index in [0.717, 1.165) is 44.7 Å². The second-order valence-corrected chi connectivity index (χ2v) is 9.64. The molecule has 0 unspecified atom stereocenters. The molecule has 0 aliphatic carbocycles. The predicted octanol–water partition coefficient (Wildman–Crippen LogP) is 4.44. The Bertz CT molecular complexity index is 1420. The maximum Gasteiger partial charge on any atom is 0.398 e. The van der Waals surface area contributed by atoms with Crippen molar-refractivity contribution in [1.82, 2.24) is 10.4 Å². The zero-order chi connectivity index (χ0) is 28.6. The SMILES string of the molecule is CCN(CC)c1ccc2c(c1)Oc1cc(N(CC)CC)ccc1C21c2ccccc2C(=O)N1NC(=O)C(=O)OC. The number of hydrogen-bond donors (Lipinski definition) is 1. The smallest absolute Gasteiger partial charge is 0.398 e. The van der Waals surface area contributed by atoms with Gasteiger partial charge in [0.15, 0.2) is 0 Å². The van der Waals surface area contributed by atoms with Gasteiger partial charge in [0.05, 0.1) is 7.11 Å². The highest BCUT2D eigenvalue weighted by Gasteiger charge is 2.57. The number of nitrogens with zero attached hydrogens (tertiary/aromatic N) is 3. The molecule has 9 nitrogen and oxygen atoms in total. The molecule has 40 heavy (non-hydrogen) atoms. The Hall–Kier alpha value is -4.53. The number of anilines is 2. The standard InChI is InChI=1S/C31H34N4O5/c1-6-33(7-2)20-14-16-24-26(18-20)40-27-19-21(34(8-3)9-4)15-17-25(27)31(24)23-13-11-10-12-22(23)29(37)35(31)32-28(36)30(38)39-5/h10-19H,6-9H2,1-5H3,(H,32,36). The van der Waals surface area contributed by atoms with Crippen LogP contribution in [-0.4, -0.2) is 56.1 Å². The molecule has 5 rings (SSSR count). The van der Waals surface area contributed by atoms with Gasteiger partial charge >= 0.3 is 11.9 Å². The first-order valence-corrected chi connectivity index (χ1v) is 13.6. The van der Waals surface area contributed by atoms with Crippen molar-refractivity contribution in [2.45, 2.75) is 33.2 Å². The fraction of sp³-hybridized carbons (Fsp3) is 0.323. The van der Waals surface area contributed by atoms with Crippen LogP contribution in [0.2, 0.25) is 0 Å². The van der Waals surface area contributed by atoms with E-state index in [0.29, 0.717) is 33.8 Å². The van der Waals surface area contributed by atoms with E-state index < -0.39 is 23.3 Å². The highest BCUT2D eigenvalue weighted by molar-refractivity contribution is 6.32. The maximum atomic E-state index is 14.0. The van der Waals surface area contributed by atoms with Gasteiger partial charge < -0.3 is 19.3 Å². The molecule has 2 amide bonds. The summed E-state index contributed by atoms with van der Waals surface area (Å²) in [7, 11) is 1.13. The third-order valence-corrected chi connectivity index (χ3v) is 7.86. The van der Waals surface area contributed by atoms with Crippen molar-refractivity contribution in [3.8, 4) is 11.5 Å². The monoisotopic (exact) mass is 542 g/mol. The molecule has 2 heterocycles. The first-order valence-electron chi connectivity index (χ1n) is 13.6. The van der Waals surface area contributed by atoms with E-state index >= 15 is 0 Å². The number of nitrogens with one attached hydrogen (secondary N) is 1. The van der Waals surface area contributed by atoms with Crippen LogP contribution in [0.1, 0.15) is 54.7 Å². The zero-order valence-corrected chi connectivity index (χ0v) is 23.5. The third-order valence-electron chi connectivity index (χ3n) is 7.86. The summed E-state index contributed by atoms with van der Waals surface area (Å²) in [5.74, 6) is -1.45. The largest absolute Gasteiger partial charge is 0.462 e. The van der Waals surface area contributed by atoms with Crippen molar-refractivity contribution in [2.75, 3.05) is 43.1 Å². The number of methoxy groups -OCH3 is 1. The van der Waals surface area contributed by atoms with Crippen LogP contribution >= 0.6 is 0 Å². The van der Waals surface area contributed by atoms with E-state index in [9.17, 15) is 14.4 Å². The van der Waals surface area contributed by atoms with Gasteiger partial charge in [0.1, 0.15) is 17.0 Å². The number of carbonyl (C=O) groups excluding carboxylic acids is 3. The van der Waals surface area contributed by atoms with Gasteiger partial charge in [-0.05, 0) is 45.9 Å². The van der Waals surface area contributed by atoms with Crippen LogP contribution in [-0.2, 0) is 19.9 Å². The highest BCUT2D eigenvalue weighted by atomic mass is 16.5. The molecule has 0 atom stereocenters. The molecular weight excluding hydrogens is 508 g/mol. The van der Waals surface area contributed by atoms with E-state index in [4.69, 9.17) is 4.74 Å². The second-order valence-electron chi connectivity index (χ2n) is 9.64. The fourth-order valence-electron chi connectivity index (χ4n) is 5.91. The van der Waals surface area contributed by atoms with Crippen LogP contribution in [0, 0.1) is 0 Å². The Morgan fingerprint density at radius 1 is 0.825 bits per heavy atom. The molecule has 3 aromatic carbocycles. The molecule has 0 radical (unpaired) electrons. The van der Waals surface area contributed by atoms with Gasteiger partial charge in [-0.15, -0.1) is 0 Å². The Labute approximate surface area is 234 Å². The van der Waals surface area contributed by atoms with Crippen molar-refractivity contribution in [1.29, 1.82) is 0 Å². The minimum Gasteiger partial charge on any atom is -0.462 e. The van der Waals surface area contributed by atoms with E-state index in [1.54, 1.807) is 12.1 Å². The summed E-state index contributed by atoms with van der Waals surface area (Å²) < 4.78 is 11.3. The van der Waals surface area contributed by atoms with E-state index in [1.165, 1.54) is 5.01 Å². The lowest BCUT2D eigenvalue weighted by Gasteiger charge is -2.44. The minimum absolute atomic E-state index is 0.423. The van der Waals surface area contributed by atoms with Crippen LogP contribution in [0.15, 0.2) is 60.7 Å². The lowest BCUT2D eigenvalue weighted by Crippen LogP contribution is -2.57. The molecular formula is C31H34N4O5. The van der Waals surface area contributed by atoms with Crippen LogP contribution < -0.4 is 20.0 Å². The summed E-state index contributed by atoms with van der Waals surface area (Å²) >= 11 is 0. The highest BCUT2D eigenvalue weighted by Crippen LogP contribution is 2.57. The predicted molar refractivity (Wildman–Crippen MR) is 153 cm³/mol. The van der Waals surface area contributed by atoms with Gasteiger partial charge in [-0.1, -0.05) is 30.3 Å². The molecule has 1 spiro atoms. The number of benzene rings is 3. The van der Waals surface area contributed by atoms with Gasteiger partial charge in [-0.2, -0.15) is 0 Å². The van der Waals surface area contributed by atoms with Gasteiger partial charge in [0.2, 0.25) is 0 Å². The number of carbonyl (C=O) groups is 3. The molecule has 0 bridgehead atoms. The number of hydrogen-bond acceptors (Lipinski definition) is 7. The number of rotatable bonds is 7. The van der Waals surface area contributed by atoms with E-state index in [-0.39, 0.29) is 0 Å². The molecule has 2 aliphatic rings. The zero-order valence-electron chi connectivity index (χ0n) is 23.5. The molecule has 2 aliphatic heterocycles. The minimum atomic E-state index is -1.29. The molecule has 3 aromatic rings. The van der Waals surface area contributed by atoms with Crippen molar-refractivity contribution >= 4 is 29.2 Å². The van der Waals surface area contributed by atoms with Gasteiger partial charge in [0.25, 0.3) is 5.91 Å². The van der Waals surface area contributed by atoms with Crippen molar-refractivity contribution in [3.05, 3.63) is 82.9 Å². The molecule has 0 fully saturated rings. The fourth-order valence-corrected chi connectivity index (χ4v) is 5.91. The summed E-state index contributed by atoms with van der Waals surface area (Å²) in [6.45, 7) is 11.6. The Balaban J connectivity index is 1.82. The lowest BCUT2D eigenvalue weighted by atomic mass is 9.75. The summed E-state index contributed by atoms with van der Waals surface area (Å²) in [5, 5.41) is 1.26. The molecule has 0 saturated heterocycles. The first kappa shape index (κ1) is 27.1. The Morgan fingerprint density at radius 2 is 1.35 bits per heavy atom. The van der Waals surface area contributed by atoms with Gasteiger partial charge in [0, 0.05) is 71.9 Å². The van der Waals surface area contributed by atoms with Gasteiger partial charge in [-0.3, -0.25) is 15.0 Å². The molecule has 0 saturated carbocycles. The Morgan fingerprint density at radius 3 is 1.85 bits per heavy atom. The van der Waals surface area contributed by atoms with E-state index in [2.05, 4.69) is 47.7 Å². The quantitative estimate of drug-likeness (QED) is 0.349. The third kappa shape index (κ3) is 3.95. The van der Waals surface area contributed by atoms with Crippen LogP contribution in [0.4, 0.5) is 11.4 Å². The average molecular weight is 543 g/mol. The first-order chi connectivity index (χ1) is 19.3. The Kier molecular flexibility index (Phi) is 7.14. The molecule has 1 N–H and O–H groups in total. The number of esters is 1. The van der Waals surface area contributed by atoms with Gasteiger partial charge in [-0.25, -0.2) is 9.80 Å². The summed E-state index contributed by atoms with van der Waals surface area (Å²) in [4.78, 5) is 43.5. The summed E-state index contributed by atoms with van der Waals surface area (Å²) in [5.41, 5.74) is 5.71. The summed E-state index contributed by atoms with van der Waals surface area (Å²) in [6, 6.07) is 19.1. The number of hydrazine groups is 1. The molecule has 9 heteroatoms. The maximum absolute atomic E-state index is 14.0. The van der Waals surface area contributed by atoms with Crippen molar-refractivity contribution < 1.29 is 23.9 Å². The van der Waals surface area contributed by atoms with E-state index in [1.807, 2.05) is 48.5 Å². The average Bonchev–Trinajstić information content (AvgIpc) is 3.22. The van der Waals surface area contributed by atoms with Crippen LogP contribution in [0.5, 0.6) is 11.5 Å². The number of ether oxygens (including phenoxy) is 2. The van der Waals surface area contributed by atoms with Crippen LogP contribution in [0.3, 0.4) is 0 Å². The lowest BCUT2D eigenvalue weighted by molar-refractivity contribution is -0.155. The van der Waals surface area contributed by atoms with Crippen molar-refractivity contribution in [3.63, 3.8) is 0 Å². The normalized spacial score (nSPS) is 14.1. The number of amides is 2. The number of fused-ring (bicyclic) bond motifs is 6. The van der Waals surface area contributed by atoms with Crippen molar-refractivity contribution in [2.24, 2.45) is 0 Å².